The molecule has 0 bridgehead atoms. The van der Waals surface area contributed by atoms with Crippen molar-refractivity contribution >= 4 is 11.9 Å². The third-order valence-corrected chi connectivity index (χ3v) is 2.53. The molecule has 0 aromatic heterocycles. The number of carbonyl (C=O) groups excluding carboxylic acids is 1. The second kappa shape index (κ2) is 3.98. The Morgan fingerprint density at radius 2 is 2.00 bits per heavy atom. The van der Waals surface area contributed by atoms with Crippen LogP contribution in [0.2, 0.25) is 0 Å². The van der Waals surface area contributed by atoms with E-state index in [9.17, 15) is 9.59 Å². The van der Waals surface area contributed by atoms with Crippen molar-refractivity contribution in [3.63, 3.8) is 0 Å². The monoisotopic (exact) mass is 199 g/mol. The number of carboxylic acids is 1. The van der Waals surface area contributed by atoms with E-state index >= 15 is 0 Å². The van der Waals surface area contributed by atoms with Crippen molar-refractivity contribution in [2.75, 3.05) is 0 Å². The van der Waals surface area contributed by atoms with E-state index in [0.29, 0.717) is 0 Å². The molecule has 1 amide bonds. The van der Waals surface area contributed by atoms with Gasteiger partial charge in [-0.2, -0.15) is 0 Å². The van der Waals surface area contributed by atoms with Crippen molar-refractivity contribution in [2.24, 2.45) is 5.92 Å². The van der Waals surface area contributed by atoms with E-state index in [-0.39, 0.29) is 18.2 Å². The van der Waals surface area contributed by atoms with E-state index in [1.54, 1.807) is 13.8 Å². The molecule has 0 aliphatic heterocycles. The summed E-state index contributed by atoms with van der Waals surface area (Å²) in [7, 11) is 0. The molecule has 80 valence electrons. The zero-order chi connectivity index (χ0) is 10.8. The first-order chi connectivity index (χ1) is 6.41. The summed E-state index contributed by atoms with van der Waals surface area (Å²) < 4.78 is 0. The summed E-state index contributed by atoms with van der Waals surface area (Å²) in [6.45, 7) is 3.47. The molecule has 0 unspecified atom stereocenters. The Balaban J connectivity index is 2.40. The average Bonchev–Trinajstić information content (AvgIpc) is 1.74. The first-order valence-corrected chi connectivity index (χ1v) is 4.94. The second-order valence-corrected chi connectivity index (χ2v) is 4.57. The Bertz CT molecular complexity index is 244. The van der Waals surface area contributed by atoms with Gasteiger partial charge in [-0.25, -0.2) is 0 Å². The molecule has 0 radical (unpaired) electrons. The Morgan fingerprint density at radius 1 is 1.43 bits per heavy atom. The summed E-state index contributed by atoms with van der Waals surface area (Å²) in [4.78, 5) is 22.0. The molecule has 0 aromatic carbocycles. The molecule has 1 aliphatic carbocycles. The van der Waals surface area contributed by atoms with E-state index < -0.39 is 11.5 Å². The largest absolute Gasteiger partial charge is 0.481 e. The molecule has 0 aromatic rings. The summed E-state index contributed by atoms with van der Waals surface area (Å²) in [5.41, 5.74) is -0.640. The molecular formula is C10H17NO3. The summed E-state index contributed by atoms with van der Waals surface area (Å²) in [5, 5.41) is 11.4. The van der Waals surface area contributed by atoms with Crippen molar-refractivity contribution < 1.29 is 14.7 Å². The van der Waals surface area contributed by atoms with Gasteiger partial charge < -0.3 is 10.4 Å². The zero-order valence-electron chi connectivity index (χ0n) is 8.67. The van der Waals surface area contributed by atoms with Gasteiger partial charge in [0.15, 0.2) is 0 Å². The third kappa shape index (κ3) is 3.01. The van der Waals surface area contributed by atoms with Crippen molar-refractivity contribution in [3.05, 3.63) is 0 Å². The molecule has 14 heavy (non-hydrogen) atoms. The van der Waals surface area contributed by atoms with Gasteiger partial charge in [-0.15, -0.1) is 0 Å². The molecule has 2 N–H and O–H groups in total. The highest BCUT2D eigenvalue weighted by Gasteiger charge is 2.30. The predicted molar refractivity (Wildman–Crippen MR) is 51.8 cm³/mol. The molecule has 0 saturated heterocycles. The number of carbonyl (C=O) groups is 2. The summed E-state index contributed by atoms with van der Waals surface area (Å²) >= 11 is 0. The van der Waals surface area contributed by atoms with Gasteiger partial charge in [0, 0.05) is 11.5 Å². The highest BCUT2D eigenvalue weighted by Crippen LogP contribution is 2.27. The Kier molecular flexibility index (Phi) is 3.13. The lowest BCUT2D eigenvalue weighted by Crippen LogP contribution is -2.48. The van der Waals surface area contributed by atoms with Gasteiger partial charge in [0.2, 0.25) is 5.91 Å². The minimum Gasteiger partial charge on any atom is -0.481 e. The van der Waals surface area contributed by atoms with Crippen LogP contribution in [0.1, 0.15) is 39.5 Å². The zero-order valence-corrected chi connectivity index (χ0v) is 8.67. The fourth-order valence-electron chi connectivity index (χ4n) is 1.53. The van der Waals surface area contributed by atoms with Crippen molar-refractivity contribution in [1.29, 1.82) is 0 Å². The standard InChI is InChI=1S/C10H17NO3/c1-10(2,6-8(12)13)11-9(14)7-4-3-5-7/h7H,3-6H2,1-2H3,(H,11,14)(H,12,13). The maximum atomic E-state index is 11.5. The fraction of sp³-hybridized carbons (Fsp3) is 0.800. The van der Waals surface area contributed by atoms with Crippen LogP contribution in [-0.4, -0.2) is 22.5 Å². The Labute approximate surface area is 83.7 Å². The SMILES string of the molecule is CC(C)(CC(=O)O)NC(=O)C1CCC1. The van der Waals surface area contributed by atoms with E-state index in [1.807, 2.05) is 0 Å². The molecular weight excluding hydrogens is 182 g/mol. The van der Waals surface area contributed by atoms with Crippen LogP contribution in [0, 0.1) is 5.92 Å². The summed E-state index contributed by atoms with van der Waals surface area (Å²) in [6, 6.07) is 0. The van der Waals surface area contributed by atoms with Crippen molar-refractivity contribution in [2.45, 2.75) is 45.1 Å². The maximum absolute atomic E-state index is 11.5. The van der Waals surface area contributed by atoms with Crippen LogP contribution in [-0.2, 0) is 9.59 Å². The lowest BCUT2D eigenvalue weighted by molar-refractivity contribution is -0.139. The van der Waals surface area contributed by atoms with Gasteiger partial charge in [0.25, 0.3) is 0 Å². The van der Waals surface area contributed by atoms with E-state index in [1.165, 1.54) is 0 Å². The Morgan fingerprint density at radius 3 is 2.36 bits per heavy atom. The number of nitrogens with one attached hydrogen (secondary N) is 1. The molecule has 0 atom stereocenters. The van der Waals surface area contributed by atoms with Crippen LogP contribution < -0.4 is 5.32 Å². The first-order valence-electron chi connectivity index (χ1n) is 4.94. The number of hydrogen-bond acceptors (Lipinski definition) is 2. The second-order valence-electron chi connectivity index (χ2n) is 4.57. The van der Waals surface area contributed by atoms with Crippen molar-refractivity contribution in [1.82, 2.24) is 5.32 Å². The van der Waals surface area contributed by atoms with Crippen LogP contribution in [0.4, 0.5) is 0 Å². The van der Waals surface area contributed by atoms with E-state index in [2.05, 4.69) is 5.32 Å². The number of rotatable bonds is 4. The molecule has 4 heteroatoms. The lowest BCUT2D eigenvalue weighted by Gasteiger charge is -2.30. The third-order valence-electron chi connectivity index (χ3n) is 2.53. The van der Waals surface area contributed by atoms with Gasteiger partial charge in [-0.1, -0.05) is 6.42 Å². The summed E-state index contributed by atoms with van der Waals surface area (Å²) in [6.07, 6.45) is 2.95. The summed E-state index contributed by atoms with van der Waals surface area (Å²) in [5.74, 6) is -0.769. The van der Waals surface area contributed by atoms with Crippen LogP contribution in [0.5, 0.6) is 0 Å². The molecule has 4 nitrogen and oxygen atoms in total. The molecule has 0 heterocycles. The van der Waals surface area contributed by atoms with Crippen LogP contribution >= 0.6 is 0 Å². The van der Waals surface area contributed by atoms with Gasteiger partial charge in [0.05, 0.1) is 6.42 Å². The number of carboxylic acid groups (broad SMARTS) is 1. The average molecular weight is 199 g/mol. The number of hydrogen-bond donors (Lipinski definition) is 2. The normalized spacial score (nSPS) is 17.3. The van der Waals surface area contributed by atoms with Crippen LogP contribution in [0.25, 0.3) is 0 Å². The van der Waals surface area contributed by atoms with Crippen LogP contribution in [0.15, 0.2) is 0 Å². The molecule has 1 saturated carbocycles. The quantitative estimate of drug-likeness (QED) is 0.714. The minimum absolute atomic E-state index is 0.00231. The topological polar surface area (TPSA) is 66.4 Å². The van der Waals surface area contributed by atoms with Crippen molar-refractivity contribution in [3.8, 4) is 0 Å². The highest BCUT2D eigenvalue weighted by atomic mass is 16.4. The van der Waals surface area contributed by atoms with Gasteiger partial charge in [-0.3, -0.25) is 9.59 Å². The fourth-order valence-corrected chi connectivity index (χ4v) is 1.53. The number of aliphatic carboxylic acids is 1. The predicted octanol–water partition coefficient (Wildman–Crippen LogP) is 1.16. The molecule has 1 fully saturated rings. The van der Waals surface area contributed by atoms with Gasteiger partial charge >= 0.3 is 5.97 Å². The highest BCUT2D eigenvalue weighted by molar-refractivity contribution is 5.81. The number of amides is 1. The Hall–Kier alpha value is -1.06. The van der Waals surface area contributed by atoms with E-state index in [4.69, 9.17) is 5.11 Å². The molecule has 1 aliphatic rings. The smallest absolute Gasteiger partial charge is 0.305 e. The molecule has 0 spiro atoms. The lowest BCUT2D eigenvalue weighted by atomic mass is 9.84. The first kappa shape index (κ1) is 11.0. The maximum Gasteiger partial charge on any atom is 0.305 e. The van der Waals surface area contributed by atoms with Crippen LogP contribution in [0.3, 0.4) is 0 Å². The minimum atomic E-state index is -0.885. The molecule has 1 rings (SSSR count). The van der Waals surface area contributed by atoms with Gasteiger partial charge in [0.1, 0.15) is 0 Å². The van der Waals surface area contributed by atoms with E-state index in [0.717, 1.165) is 19.3 Å². The van der Waals surface area contributed by atoms with Gasteiger partial charge in [-0.05, 0) is 26.7 Å².